The van der Waals surface area contributed by atoms with Crippen LogP contribution in [-0.4, -0.2) is 62.8 Å². The van der Waals surface area contributed by atoms with E-state index in [4.69, 9.17) is 4.74 Å². The Morgan fingerprint density at radius 3 is 2.06 bits per heavy atom. The maximum atomic E-state index is 5.24. The SMILES string of the molecule is CCCCN1CCOCC1.CCCN(C)CC.I. The van der Waals surface area contributed by atoms with E-state index in [0.29, 0.717) is 0 Å². The molecule has 0 saturated carbocycles. The molecule has 1 saturated heterocycles. The van der Waals surface area contributed by atoms with Crippen molar-refractivity contribution in [2.45, 2.75) is 40.0 Å². The summed E-state index contributed by atoms with van der Waals surface area (Å²) in [6.45, 7) is 14.4. The molecule has 18 heavy (non-hydrogen) atoms. The summed E-state index contributed by atoms with van der Waals surface area (Å²) in [5.41, 5.74) is 0. The number of morpholine rings is 1. The third-order valence-corrected chi connectivity index (χ3v) is 3.08. The first-order valence-corrected chi connectivity index (χ1v) is 7.23. The van der Waals surface area contributed by atoms with Gasteiger partial charge in [0.2, 0.25) is 0 Å². The normalized spacial score (nSPS) is 15.8. The van der Waals surface area contributed by atoms with E-state index >= 15 is 0 Å². The van der Waals surface area contributed by atoms with Crippen molar-refractivity contribution in [2.75, 3.05) is 53.0 Å². The number of nitrogens with zero attached hydrogens (tertiary/aromatic N) is 2. The molecule has 0 aromatic rings. The van der Waals surface area contributed by atoms with Gasteiger partial charge in [-0.3, -0.25) is 4.90 Å². The molecule has 1 rings (SSSR count). The maximum absolute atomic E-state index is 5.24. The molecule has 0 amide bonds. The predicted octanol–water partition coefficient (Wildman–Crippen LogP) is 3.08. The van der Waals surface area contributed by atoms with Crippen LogP contribution >= 0.6 is 24.0 Å². The molecule has 1 aliphatic heterocycles. The van der Waals surface area contributed by atoms with Crippen molar-refractivity contribution in [1.29, 1.82) is 0 Å². The molecule has 0 atom stereocenters. The molecule has 0 unspecified atom stereocenters. The lowest BCUT2D eigenvalue weighted by Gasteiger charge is -2.26. The molecule has 0 bridgehead atoms. The van der Waals surface area contributed by atoms with Gasteiger partial charge >= 0.3 is 0 Å². The molecular formula is C14H33IN2O. The summed E-state index contributed by atoms with van der Waals surface area (Å²) in [7, 11) is 2.14. The van der Waals surface area contributed by atoms with Crippen LogP contribution in [0.1, 0.15) is 40.0 Å². The summed E-state index contributed by atoms with van der Waals surface area (Å²) in [6.07, 6.45) is 3.90. The summed E-state index contributed by atoms with van der Waals surface area (Å²) in [4.78, 5) is 4.78. The van der Waals surface area contributed by atoms with Crippen molar-refractivity contribution in [3.8, 4) is 0 Å². The van der Waals surface area contributed by atoms with Crippen molar-refractivity contribution in [3.63, 3.8) is 0 Å². The standard InChI is InChI=1S/C8H17NO.C6H15N.HI/c1-2-3-4-9-5-7-10-8-6-9;1-4-6-7(3)5-2;/h2-8H2,1H3;4-6H2,1-3H3;1H. The lowest BCUT2D eigenvalue weighted by atomic mass is 10.3. The monoisotopic (exact) mass is 372 g/mol. The van der Waals surface area contributed by atoms with Crippen molar-refractivity contribution in [3.05, 3.63) is 0 Å². The average Bonchev–Trinajstić information content (AvgIpc) is 2.38. The van der Waals surface area contributed by atoms with E-state index in [2.05, 4.69) is 37.6 Å². The molecular weight excluding hydrogens is 339 g/mol. The van der Waals surface area contributed by atoms with Gasteiger partial charge in [0.1, 0.15) is 0 Å². The van der Waals surface area contributed by atoms with Crippen LogP contribution in [0.25, 0.3) is 0 Å². The molecule has 0 aromatic heterocycles. The number of unbranched alkanes of at least 4 members (excludes halogenated alkanes) is 1. The highest BCUT2D eigenvalue weighted by Crippen LogP contribution is 1.98. The summed E-state index contributed by atoms with van der Waals surface area (Å²) in [6, 6.07) is 0. The number of hydrogen-bond acceptors (Lipinski definition) is 3. The van der Waals surface area contributed by atoms with Crippen molar-refractivity contribution >= 4 is 24.0 Å². The van der Waals surface area contributed by atoms with Crippen molar-refractivity contribution in [1.82, 2.24) is 9.80 Å². The van der Waals surface area contributed by atoms with E-state index in [0.717, 1.165) is 26.3 Å². The molecule has 0 aliphatic carbocycles. The Morgan fingerprint density at radius 1 is 1.06 bits per heavy atom. The van der Waals surface area contributed by atoms with E-state index in [1.807, 2.05) is 0 Å². The first-order valence-electron chi connectivity index (χ1n) is 7.23. The van der Waals surface area contributed by atoms with Crippen LogP contribution in [0.4, 0.5) is 0 Å². The van der Waals surface area contributed by atoms with Crippen molar-refractivity contribution < 1.29 is 4.74 Å². The molecule has 0 aromatic carbocycles. The van der Waals surface area contributed by atoms with Crippen LogP contribution in [0.2, 0.25) is 0 Å². The summed E-state index contributed by atoms with van der Waals surface area (Å²) >= 11 is 0. The first-order chi connectivity index (χ1) is 8.24. The fraction of sp³-hybridized carbons (Fsp3) is 1.00. The highest BCUT2D eigenvalue weighted by molar-refractivity contribution is 14.0. The van der Waals surface area contributed by atoms with Gasteiger partial charge in [0, 0.05) is 13.1 Å². The Kier molecular flexibility index (Phi) is 18.2. The number of ether oxygens (including phenoxy) is 1. The van der Waals surface area contributed by atoms with Gasteiger partial charge in [0.05, 0.1) is 13.2 Å². The zero-order chi connectivity index (χ0) is 12.9. The maximum Gasteiger partial charge on any atom is 0.0594 e. The minimum atomic E-state index is 0. The van der Waals surface area contributed by atoms with E-state index in [9.17, 15) is 0 Å². The van der Waals surface area contributed by atoms with Crippen LogP contribution in [-0.2, 0) is 4.74 Å². The largest absolute Gasteiger partial charge is 0.379 e. The Morgan fingerprint density at radius 2 is 1.67 bits per heavy atom. The van der Waals surface area contributed by atoms with Gasteiger partial charge < -0.3 is 9.64 Å². The third-order valence-electron chi connectivity index (χ3n) is 3.08. The lowest BCUT2D eigenvalue weighted by molar-refractivity contribution is 0.0373. The molecule has 0 radical (unpaired) electrons. The smallest absolute Gasteiger partial charge is 0.0594 e. The molecule has 1 heterocycles. The Labute approximate surface area is 131 Å². The van der Waals surface area contributed by atoms with Gasteiger partial charge in [-0.05, 0) is 39.5 Å². The second kappa shape index (κ2) is 15.7. The average molecular weight is 372 g/mol. The van der Waals surface area contributed by atoms with Crippen LogP contribution in [0, 0.1) is 0 Å². The Hall–Kier alpha value is 0.610. The fourth-order valence-electron chi connectivity index (χ4n) is 1.75. The number of hydrogen-bond donors (Lipinski definition) is 0. The summed E-state index contributed by atoms with van der Waals surface area (Å²) in [5.74, 6) is 0. The van der Waals surface area contributed by atoms with Gasteiger partial charge in [-0.25, -0.2) is 0 Å². The molecule has 112 valence electrons. The van der Waals surface area contributed by atoms with E-state index in [1.165, 1.54) is 38.9 Å². The molecule has 1 aliphatic rings. The van der Waals surface area contributed by atoms with Crippen molar-refractivity contribution in [2.24, 2.45) is 0 Å². The zero-order valence-electron chi connectivity index (χ0n) is 12.8. The fourth-order valence-corrected chi connectivity index (χ4v) is 1.75. The van der Waals surface area contributed by atoms with Crippen LogP contribution < -0.4 is 0 Å². The van der Waals surface area contributed by atoms with Gasteiger partial charge in [-0.2, -0.15) is 0 Å². The molecule has 0 spiro atoms. The minimum absolute atomic E-state index is 0. The van der Waals surface area contributed by atoms with E-state index in [-0.39, 0.29) is 24.0 Å². The second-order valence-corrected chi connectivity index (χ2v) is 4.70. The number of halogens is 1. The highest BCUT2D eigenvalue weighted by atomic mass is 127. The zero-order valence-corrected chi connectivity index (χ0v) is 15.1. The topological polar surface area (TPSA) is 15.7 Å². The molecule has 4 heteroatoms. The lowest BCUT2D eigenvalue weighted by Crippen LogP contribution is -2.36. The minimum Gasteiger partial charge on any atom is -0.379 e. The van der Waals surface area contributed by atoms with Crippen LogP contribution in [0.5, 0.6) is 0 Å². The molecule has 1 fully saturated rings. The highest BCUT2D eigenvalue weighted by Gasteiger charge is 2.07. The van der Waals surface area contributed by atoms with Crippen LogP contribution in [0.3, 0.4) is 0 Å². The molecule has 0 N–H and O–H groups in total. The molecule has 3 nitrogen and oxygen atoms in total. The van der Waals surface area contributed by atoms with Gasteiger partial charge in [0.25, 0.3) is 0 Å². The van der Waals surface area contributed by atoms with E-state index < -0.39 is 0 Å². The van der Waals surface area contributed by atoms with E-state index in [1.54, 1.807) is 0 Å². The predicted molar refractivity (Wildman–Crippen MR) is 91.0 cm³/mol. The van der Waals surface area contributed by atoms with Crippen LogP contribution in [0.15, 0.2) is 0 Å². The summed E-state index contributed by atoms with van der Waals surface area (Å²) in [5, 5.41) is 0. The van der Waals surface area contributed by atoms with Gasteiger partial charge in [-0.1, -0.05) is 27.2 Å². The Bertz CT molecular complexity index is 153. The Balaban J connectivity index is 0. The van der Waals surface area contributed by atoms with Gasteiger partial charge in [-0.15, -0.1) is 24.0 Å². The quantitative estimate of drug-likeness (QED) is 0.667. The second-order valence-electron chi connectivity index (χ2n) is 4.70. The number of rotatable bonds is 6. The first kappa shape index (κ1) is 20.9. The van der Waals surface area contributed by atoms with Gasteiger partial charge in [0.15, 0.2) is 0 Å². The summed E-state index contributed by atoms with van der Waals surface area (Å²) < 4.78 is 5.24. The third kappa shape index (κ3) is 13.1.